The fourth-order valence-electron chi connectivity index (χ4n) is 2.68. The van der Waals surface area contributed by atoms with Crippen LogP contribution >= 0.6 is 11.8 Å². The second-order valence-corrected chi connectivity index (χ2v) is 6.48. The van der Waals surface area contributed by atoms with E-state index in [1.807, 2.05) is 24.3 Å². The Morgan fingerprint density at radius 2 is 2.05 bits per heavy atom. The van der Waals surface area contributed by atoms with Gasteiger partial charge >= 0.3 is 5.97 Å². The minimum absolute atomic E-state index is 0.0808. The Morgan fingerprint density at radius 1 is 1.29 bits per heavy atom. The number of amides is 1. The highest BCUT2D eigenvalue weighted by atomic mass is 32.2. The molecule has 0 atom stereocenters. The molecule has 0 bridgehead atoms. The summed E-state index contributed by atoms with van der Waals surface area (Å²) in [4.78, 5) is 22.5. The number of aliphatic carboxylic acids is 1. The first kappa shape index (κ1) is 15.9. The third-order valence-corrected chi connectivity index (χ3v) is 4.64. The molecule has 0 aromatic heterocycles. The van der Waals surface area contributed by atoms with Crippen molar-refractivity contribution in [1.29, 1.82) is 0 Å². The third kappa shape index (κ3) is 5.79. The Balaban J connectivity index is 1.82. The first-order chi connectivity index (χ1) is 10.1. The summed E-state index contributed by atoms with van der Waals surface area (Å²) in [6.07, 6.45) is 5.43. The number of nitrogens with one attached hydrogen (secondary N) is 1. The van der Waals surface area contributed by atoms with Crippen molar-refractivity contribution in [3.05, 3.63) is 29.8 Å². The van der Waals surface area contributed by atoms with E-state index in [1.165, 1.54) is 37.4 Å². The summed E-state index contributed by atoms with van der Waals surface area (Å²) in [7, 11) is 0. The van der Waals surface area contributed by atoms with E-state index >= 15 is 0 Å². The highest BCUT2D eigenvalue weighted by Gasteiger charge is 2.18. The largest absolute Gasteiger partial charge is 0.481 e. The molecule has 1 aliphatic carbocycles. The van der Waals surface area contributed by atoms with Gasteiger partial charge in [-0.05, 0) is 36.5 Å². The minimum Gasteiger partial charge on any atom is -0.481 e. The maximum Gasteiger partial charge on any atom is 0.313 e. The Labute approximate surface area is 129 Å². The predicted molar refractivity (Wildman–Crippen MR) is 85.4 cm³/mol. The average Bonchev–Trinajstić information content (AvgIpc) is 2.91. The summed E-state index contributed by atoms with van der Waals surface area (Å²) in [6, 6.07) is 7.63. The van der Waals surface area contributed by atoms with Gasteiger partial charge in [0, 0.05) is 17.9 Å². The van der Waals surface area contributed by atoms with Crippen LogP contribution in [0.25, 0.3) is 0 Å². The van der Waals surface area contributed by atoms with Crippen molar-refractivity contribution < 1.29 is 14.7 Å². The summed E-state index contributed by atoms with van der Waals surface area (Å²) in [5, 5.41) is 11.6. The lowest BCUT2D eigenvalue weighted by Crippen LogP contribution is -2.15. The summed E-state index contributed by atoms with van der Waals surface area (Å²) in [6.45, 7) is 0. The highest BCUT2D eigenvalue weighted by molar-refractivity contribution is 7.99. The van der Waals surface area contributed by atoms with Gasteiger partial charge in [-0.3, -0.25) is 9.59 Å². The number of hydrogen-bond donors (Lipinski definition) is 2. The molecule has 0 spiro atoms. The maximum absolute atomic E-state index is 12.0. The molecule has 0 unspecified atom stereocenters. The van der Waals surface area contributed by atoms with Crippen LogP contribution in [0.1, 0.15) is 37.7 Å². The standard InChI is InChI=1S/C16H21NO3S/c18-15(9-12-4-1-2-5-12)17-14-7-3-6-13(8-14)10-21-11-16(19)20/h3,6-8,12H,1-2,4-5,9-11H2,(H,17,18)(H,19,20). The molecular formula is C16H21NO3S. The first-order valence-electron chi connectivity index (χ1n) is 7.32. The average molecular weight is 307 g/mol. The van der Waals surface area contributed by atoms with Gasteiger partial charge in [0.15, 0.2) is 0 Å². The van der Waals surface area contributed by atoms with E-state index in [4.69, 9.17) is 5.11 Å². The number of carbonyl (C=O) groups is 2. The molecule has 114 valence electrons. The lowest BCUT2D eigenvalue weighted by atomic mass is 10.0. The molecule has 1 aliphatic rings. The minimum atomic E-state index is -0.805. The van der Waals surface area contributed by atoms with Gasteiger partial charge in [0.2, 0.25) is 5.91 Å². The zero-order valence-electron chi connectivity index (χ0n) is 12.0. The fourth-order valence-corrected chi connectivity index (χ4v) is 3.38. The summed E-state index contributed by atoms with van der Waals surface area (Å²) in [5.41, 5.74) is 1.83. The van der Waals surface area contributed by atoms with E-state index in [0.717, 1.165) is 11.3 Å². The molecule has 0 radical (unpaired) electrons. The predicted octanol–water partition coefficient (Wildman–Crippen LogP) is 3.52. The second-order valence-electron chi connectivity index (χ2n) is 5.49. The van der Waals surface area contributed by atoms with E-state index in [9.17, 15) is 9.59 Å². The molecule has 1 aromatic carbocycles. The number of carbonyl (C=O) groups excluding carboxylic acids is 1. The van der Waals surface area contributed by atoms with Crippen LogP contribution in [0.3, 0.4) is 0 Å². The van der Waals surface area contributed by atoms with Crippen molar-refractivity contribution in [2.24, 2.45) is 5.92 Å². The van der Waals surface area contributed by atoms with Crippen LogP contribution in [-0.2, 0) is 15.3 Å². The molecule has 2 N–H and O–H groups in total. The van der Waals surface area contributed by atoms with E-state index in [1.54, 1.807) is 0 Å². The Bertz CT molecular complexity index is 498. The number of hydrogen-bond acceptors (Lipinski definition) is 3. The Kier molecular flexibility index (Phi) is 6.11. The van der Waals surface area contributed by atoms with Crippen LogP contribution in [0.5, 0.6) is 0 Å². The summed E-state index contributed by atoms with van der Waals surface area (Å²) < 4.78 is 0. The number of carboxylic acid groups (broad SMARTS) is 1. The van der Waals surface area contributed by atoms with Gasteiger partial charge in [0.25, 0.3) is 0 Å². The molecular weight excluding hydrogens is 286 g/mol. The van der Waals surface area contributed by atoms with Crippen molar-refractivity contribution in [2.75, 3.05) is 11.1 Å². The lowest BCUT2D eigenvalue weighted by Gasteiger charge is -2.10. The number of benzene rings is 1. The summed E-state index contributed by atoms with van der Waals surface area (Å²) in [5.74, 6) is 0.550. The van der Waals surface area contributed by atoms with Gasteiger partial charge in [-0.25, -0.2) is 0 Å². The van der Waals surface area contributed by atoms with E-state index in [0.29, 0.717) is 18.1 Å². The van der Waals surface area contributed by atoms with Crippen molar-refractivity contribution >= 4 is 29.3 Å². The van der Waals surface area contributed by atoms with Crippen LogP contribution in [0.15, 0.2) is 24.3 Å². The molecule has 0 saturated heterocycles. The SMILES string of the molecule is O=C(O)CSCc1cccc(NC(=O)CC2CCCC2)c1. The quantitative estimate of drug-likeness (QED) is 0.809. The third-order valence-electron chi connectivity index (χ3n) is 3.65. The molecule has 0 aliphatic heterocycles. The van der Waals surface area contributed by atoms with Crippen LogP contribution in [0.4, 0.5) is 5.69 Å². The van der Waals surface area contributed by atoms with Gasteiger partial charge < -0.3 is 10.4 Å². The van der Waals surface area contributed by atoms with Gasteiger partial charge in [0.1, 0.15) is 0 Å². The molecule has 21 heavy (non-hydrogen) atoms. The molecule has 1 fully saturated rings. The zero-order valence-corrected chi connectivity index (χ0v) is 12.8. The smallest absolute Gasteiger partial charge is 0.313 e. The number of carboxylic acids is 1. The van der Waals surface area contributed by atoms with Gasteiger partial charge in [0.05, 0.1) is 5.75 Å². The van der Waals surface area contributed by atoms with Crippen LogP contribution in [0.2, 0.25) is 0 Å². The molecule has 5 heteroatoms. The number of rotatable bonds is 7. The first-order valence-corrected chi connectivity index (χ1v) is 8.47. The fraction of sp³-hybridized carbons (Fsp3) is 0.500. The van der Waals surface area contributed by atoms with Crippen LogP contribution < -0.4 is 5.32 Å². The van der Waals surface area contributed by atoms with Gasteiger partial charge in [-0.15, -0.1) is 11.8 Å². The van der Waals surface area contributed by atoms with Crippen molar-refractivity contribution in [3.8, 4) is 0 Å². The summed E-state index contributed by atoms with van der Waals surface area (Å²) >= 11 is 1.36. The molecule has 1 aromatic rings. The molecule has 4 nitrogen and oxygen atoms in total. The van der Waals surface area contributed by atoms with Gasteiger partial charge in [-0.2, -0.15) is 0 Å². The highest BCUT2D eigenvalue weighted by Crippen LogP contribution is 2.27. The van der Waals surface area contributed by atoms with Crippen molar-refractivity contribution in [1.82, 2.24) is 0 Å². The van der Waals surface area contributed by atoms with Crippen LogP contribution in [0, 0.1) is 5.92 Å². The molecule has 2 rings (SSSR count). The zero-order chi connectivity index (χ0) is 15.1. The monoisotopic (exact) mass is 307 g/mol. The Hall–Kier alpha value is -1.49. The second kappa shape index (κ2) is 8.08. The van der Waals surface area contributed by atoms with Crippen molar-refractivity contribution in [2.45, 2.75) is 37.9 Å². The normalized spacial score (nSPS) is 15.0. The number of thioether (sulfide) groups is 1. The van der Waals surface area contributed by atoms with E-state index < -0.39 is 5.97 Å². The molecule has 1 saturated carbocycles. The van der Waals surface area contributed by atoms with E-state index in [2.05, 4.69) is 5.32 Å². The Morgan fingerprint density at radius 3 is 2.76 bits per heavy atom. The molecule has 1 amide bonds. The lowest BCUT2D eigenvalue weighted by molar-refractivity contribution is -0.133. The maximum atomic E-state index is 12.0. The number of anilines is 1. The molecule has 0 heterocycles. The van der Waals surface area contributed by atoms with Gasteiger partial charge in [-0.1, -0.05) is 25.0 Å². The van der Waals surface area contributed by atoms with E-state index in [-0.39, 0.29) is 11.7 Å². The van der Waals surface area contributed by atoms with Crippen molar-refractivity contribution in [3.63, 3.8) is 0 Å². The topological polar surface area (TPSA) is 66.4 Å². The van der Waals surface area contributed by atoms with Crippen LogP contribution in [-0.4, -0.2) is 22.7 Å².